The first-order valence-corrected chi connectivity index (χ1v) is 8.75. The summed E-state index contributed by atoms with van der Waals surface area (Å²) in [5, 5.41) is 6.19. The molecule has 1 aliphatic carbocycles. The maximum absolute atomic E-state index is 12.3. The molecule has 0 aromatic carbocycles. The van der Waals surface area contributed by atoms with Crippen LogP contribution in [0, 0.1) is 5.92 Å². The predicted octanol–water partition coefficient (Wildman–Crippen LogP) is 0.757. The highest BCUT2D eigenvalue weighted by molar-refractivity contribution is 14.0. The minimum atomic E-state index is -0.0737. The minimum absolute atomic E-state index is 0. The Morgan fingerprint density at radius 2 is 1.81 bits per heavy atom. The standard InChI is InChI=1S/C17H25N5O3.HI/c1-18-17(20-7-6-19-15(23)13-4-5-13)22-10-8-21(9-11-22)16(24)14-3-2-12-25-14;/h2-3,12-13H,4-11H2,1H3,(H,18,20)(H,19,23);1H. The van der Waals surface area contributed by atoms with Gasteiger partial charge in [-0.3, -0.25) is 14.6 Å². The maximum atomic E-state index is 12.3. The first kappa shape index (κ1) is 20.5. The number of guanidine groups is 1. The van der Waals surface area contributed by atoms with Crippen molar-refractivity contribution in [3.8, 4) is 0 Å². The van der Waals surface area contributed by atoms with E-state index in [4.69, 9.17) is 4.42 Å². The molecule has 2 aliphatic rings. The summed E-state index contributed by atoms with van der Waals surface area (Å²) in [5.41, 5.74) is 0. The normalized spacial score (nSPS) is 17.5. The number of nitrogens with one attached hydrogen (secondary N) is 2. The van der Waals surface area contributed by atoms with Crippen LogP contribution < -0.4 is 10.6 Å². The van der Waals surface area contributed by atoms with Crippen molar-refractivity contribution < 1.29 is 14.0 Å². The van der Waals surface area contributed by atoms with Crippen LogP contribution in [0.25, 0.3) is 0 Å². The third-order valence-corrected chi connectivity index (χ3v) is 4.47. The molecular weight excluding hydrogens is 449 g/mol. The van der Waals surface area contributed by atoms with Crippen molar-refractivity contribution in [3.05, 3.63) is 24.2 Å². The van der Waals surface area contributed by atoms with Crippen LogP contribution in [0.5, 0.6) is 0 Å². The van der Waals surface area contributed by atoms with Gasteiger partial charge in [0.15, 0.2) is 11.7 Å². The van der Waals surface area contributed by atoms with Gasteiger partial charge in [-0.25, -0.2) is 0 Å². The van der Waals surface area contributed by atoms with Crippen molar-refractivity contribution in [1.29, 1.82) is 0 Å². The van der Waals surface area contributed by atoms with Gasteiger partial charge in [-0.05, 0) is 25.0 Å². The molecule has 0 atom stereocenters. The van der Waals surface area contributed by atoms with E-state index in [1.54, 1.807) is 24.1 Å². The molecule has 0 bridgehead atoms. The third-order valence-electron chi connectivity index (χ3n) is 4.47. The van der Waals surface area contributed by atoms with Crippen LogP contribution in [-0.4, -0.2) is 73.9 Å². The topological polar surface area (TPSA) is 90.2 Å². The molecule has 8 nitrogen and oxygen atoms in total. The summed E-state index contributed by atoms with van der Waals surface area (Å²) < 4.78 is 5.17. The second kappa shape index (κ2) is 9.79. The van der Waals surface area contributed by atoms with Crippen LogP contribution in [0.3, 0.4) is 0 Å². The summed E-state index contributed by atoms with van der Waals surface area (Å²) in [6.07, 6.45) is 3.54. The fraction of sp³-hybridized carbons (Fsp3) is 0.588. The molecule has 0 radical (unpaired) electrons. The van der Waals surface area contributed by atoms with Gasteiger partial charge in [-0.15, -0.1) is 24.0 Å². The van der Waals surface area contributed by atoms with Crippen LogP contribution in [0.1, 0.15) is 23.4 Å². The lowest BCUT2D eigenvalue weighted by Crippen LogP contribution is -2.54. The molecule has 1 saturated heterocycles. The number of rotatable bonds is 5. The Morgan fingerprint density at radius 1 is 1.15 bits per heavy atom. The van der Waals surface area contributed by atoms with E-state index >= 15 is 0 Å². The number of piperazine rings is 1. The monoisotopic (exact) mass is 475 g/mol. The molecular formula is C17H26IN5O3. The number of hydrogen-bond acceptors (Lipinski definition) is 4. The molecule has 2 fully saturated rings. The van der Waals surface area contributed by atoms with Crippen LogP contribution in [-0.2, 0) is 4.79 Å². The van der Waals surface area contributed by atoms with E-state index in [2.05, 4.69) is 20.5 Å². The molecule has 2 N–H and O–H groups in total. The van der Waals surface area contributed by atoms with Crippen molar-refractivity contribution in [2.45, 2.75) is 12.8 Å². The van der Waals surface area contributed by atoms with Crippen LogP contribution >= 0.6 is 24.0 Å². The largest absolute Gasteiger partial charge is 0.459 e. The molecule has 0 unspecified atom stereocenters. The Morgan fingerprint density at radius 3 is 2.38 bits per heavy atom. The summed E-state index contributed by atoms with van der Waals surface area (Å²) in [7, 11) is 1.74. The van der Waals surface area contributed by atoms with Gasteiger partial charge in [0.25, 0.3) is 5.91 Å². The lowest BCUT2D eigenvalue weighted by atomic mass is 10.3. The predicted molar refractivity (Wildman–Crippen MR) is 109 cm³/mol. The van der Waals surface area contributed by atoms with E-state index < -0.39 is 0 Å². The van der Waals surface area contributed by atoms with Crippen LogP contribution in [0.2, 0.25) is 0 Å². The molecule has 1 saturated carbocycles. The van der Waals surface area contributed by atoms with Gasteiger partial charge in [-0.1, -0.05) is 0 Å². The van der Waals surface area contributed by atoms with Crippen molar-refractivity contribution in [2.75, 3.05) is 46.3 Å². The van der Waals surface area contributed by atoms with Gasteiger partial charge in [0.2, 0.25) is 5.91 Å². The maximum Gasteiger partial charge on any atom is 0.289 e. The zero-order valence-electron chi connectivity index (χ0n) is 14.9. The number of amides is 2. The number of halogens is 1. The Balaban J connectivity index is 0.00000243. The molecule has 2 amide bonds. The highest BCUT2D eigenvalue weighted by Crippen LogP contribution is 2.28. The lowest BCUT2D eigenvalue weighted by molar-refractivity contribution is -0.122. The Hall–Kier alpha value is -1.78. The molecule has 144 valence electrons. The number of aliphatic imine (C=N–C) groups is 1. The number of nitrogens with zero attached hydrogens (tertiary/aromatic N) is 3. The molecule has 1 aliphatic heterocycles. The van der Waals surface area contributed by atoms with E-state index in [1.807, 2.05) is 0 Å². The summed E-state index contributed by atoms with van der Waals surface area (Å²) in [5.74, 6) is 1.49. The van der Waals surface area contributed by atoms with E-state index in [1.165, 1.54) is 6.26 Å². The average molecular weight is 475 g/mol. The van der Waals surface area contributed by atoms with E-state index in [9.17, 15) is 9.59 Å². The van der Waals surface area contributed by atoms with Gasteiger partial charge in [0.1, 0.15) is 0 Å². The van der Waals surface area contributed by atoms with Crippen molar-refractivity contribution >= 4 is 41.8 Å². The Labute approximate surface area is 170 Å². The van der Waals surface area contributed by atoms with E-state index in [0.717, 1.165) is 18.8 Å². The number of carbonyl (C=O) groups is 2. The molecule has 3 rings (SSSR count). The fourth-order valence-corrected chi connectivity index (χ4v) is 2.86. The minimum Gasteiger partial charge on any atom is -0.459 e. The zero-order valence-corrected chi connectivity index (χ0v) is 17.3. The SMILES string of the molecule is CN=C(NCCNC(=O)C1CC1)N1CCN(C(=O)c2ccco2)CC1.I. The fourth-order valence-electron chi connectivity index (χ4n) is 2.86. The highest BCUT2D eigenvalue weighted by atomic mass is 127. The van der Waals surface area contributed by atoms with E-state index in [0.29, 0.717) is 45.0 Å². The molecule has 0 spiro atoms. The number of hydrogen-bond donors (Lipinski definition) is 2. The van der Waals surface area contributed by atoms with Crippen molar-refractivity contribution in [3.63, 3.8) is 0 Å². The second-order valence-corrected chi connectivity index (χ2v) is 6.30. The molecule has 1 aromatic rings. The third kappa shape index (κ3) is 5.36. The van der Waals surface area contributed by atoms with Gasteiger partial charge in [0.05, 0.1) is 6.26 Å². The molecule has 2 heterocycles. The number of carbonyl (C=O) groups excluding carboxylic acids is 2. The summed E-state index contributed by atoms with van der Waals surface area (Å²) >= 11 is 0. The van der Waals surface area contributed by atoms with Crippen molar-refractivity contribution in [1.82, 2.24) is 20.4 Å². The average Bonchev–Trinajstić information content (AvgIpc) is 3.36. The van der Waals surface area contributed by atoms with Crippen molar-refractivity contribution in [2.24, 2.45) is 10.9 Å². The molecule has 1 aromatic heterocycles. The first-order chi connectivity index (χ1) is 12.2. The second-order valence-electron chi connectivity index (χ2n) is 6.30. The highest BCUT2D eigenvalue weighted by Gasteiger charge is 2.29. The van der Waals surface area contributed by atoms with Crippen LogP contribution in [0.15, 0.2) is 27.8 Å². The Bertz CT molecular complexity index is 622. The van der Waals surface area contributed by atoms with Crippen LogP contribution in [0.4, 0.5) is 0 Å². The summed E-state index contributed by atoms with van der Waals surface area (Å²) in [4.78, 5) is 32.1. The molecule has 9 heteroatoms. The van der Waals surface area contributed by atoms with Gasteiger partial charge in [0, 0.05) is 52.2 Å². The van der Waals surface area contributed by atoms with Gasteiger partial charge < -0.3 is 24.9 Å². The number of furan rings is 1. The van der Waals surface area contributed by atoms with Gasteiger partial charge >= 0.3 is 0 Å². The Kier molecular flexibility index (Phi) is 7.73. The smallest absolute Gasteiger partial charge is 0.289 e. The first-order valence-electron chi connectivity index (χ1n) is 8.75. The summed E-state index contributed by atoms with van der Waals surface area (Å²) in [6.45, 7) is 3.89. The van der Waals surface area contributed by atoms with Gasteiger partial charge in [-0.2, -0.15) is 0 Å². The summed E-state index contributed by atoms with van der Waals surface area (Å²) in [6, 6.07) is 3.41. The quantitative estimate of drug-likeness (QED) is 0.284. The zero-order chi connectivity index (χ0) is 17.6. The van der Waals surface area contributed by atoms with E-state index in [-0.39, 0.29) is 41.7 Å². The lowest BCUT2D eigenvalue weighted by Gasteiger charge is -2.36. The molecule has 26 heavy (non-hydrogen) atoms.